The van der Waals surface area contributed by atoms with Gasteiger partial charge < -0.3 is 23.9 Å². The Bertz CT molecular complexity index is 840. The van der Waals surface area contributed by atoms with Crippen molar-refractivity contribution in [1.29, 1.82) is 0 Å². The molecular formula is C23H34N2O5. The van der Waals surface area contributed by atoms with E-state index in [0.717, 1.165) is 61.4 Å². The molecular weight excluding hydrogens is 384 g/mol. The number of H-pyrrole nitrogens is 1. The van der Waals surface area contributed by atoms with E-state index in [9.17, 15) is 4.79 Å². The molecule has 30 heavy (non-hydrogen) atoms. The summed E-state index contributed by atoms with van der Waals surface area (Å²) in [7, 11) is 0. The van der Waals surface area contributed by atoms with Crippen LogP contribution in [0.25, 0.3) is 10.9 Å². The number of ether oxygens (including phenoxy) is 4. The predicted octanol–water partition coefficient (Wildman–Crippen LogP) is 3.80. The molecule has 7 nitrogen and oxygen atoms in total. The molecule has 0 radical (unpaired) electrons. The van der Waals surface area contributed by atoms with E-state index in [1.807, 2.05) is 32.9 Å². The van der Waals surface area contributed by atoms with Gasteiger partial charge in [0, 0.05) is 19.6 Å². The monoisotopic (exact) mass is 418 g/mol. The largest absolute Gasteiger partial charge is 0.490 e. The van der Waals surface area contributed by atoms with Gasteiger partial charge >= 0.3 is 5.97 Å². The Morgan fingerprint density at radius 3 is 2.63 bits per heavy atom. The molecule has 0 saturated carbocycles. The summed E-state index contributed by atoms with van der Waals surface area (Å²) in [5.41, 5.74) is 2.31. The molecule has 2 aromatic rings. The number of carbonyl (C=O) groups is 1. The van der Waals surface area contributed by atoms with Crippen LogP contribution in [0, 0.1) is 0 Å². The predicted molar refractivity (Wildman–Crippen MR) is 117 cm³/mol. The Kier molecular flexibility index (Phi) is 7.99. The van der Waals surface area contributed by atoms with Gasteiger partial charge in [0.25, 0.3) is 0 Å². The molecule has 0 spiro atoms. The zero-order valence-electron chi connectivity index (χ0n) is 18.6. The number of esters is 1. The van der Waals surface area contributed by atoms with Gasteiger partial charge in [0.05, 0.1) is 36.8 Å². The summed E-state index contributed by atoms with van der Waals surface area (Å²) >= 11 is 0. The quantitative estimate of drug-likeness (QED) is 0.592. The van der Waals surface area contributed by atoms with Crippen molar-refractivity contribution in [3.8, 4) is 11.5 Å². The van der Waals surface area contributed by atoms with Crippen molar-refractivity contribution < 1.29 is 23.7 Å². The Morgan fingerprint density at radius 1 is 1.20 bits per heavy atom. The molecule has 0 unspecified atom stereocenters. The normalized spacial score (nSPS) is 15.0. The standard InChI is InChI=1S/C23H34N2O5/c1-5-10-28-22-20-18(14-17(6-2)15-19(20)30-16(3)4)24-21(22)23(26)29-13-9-25-7-11-27-12-8-25/h14-16,24H,5-13H2,1-4H3. The summed E-state index contributed by atoms with van der Waals surface area (Å²) < 4.78 is 23.0. The highest BCUT2D eigenvalue weighted by Gasteiger charge is 2.24. The Balaban J connectivity index is 1.86. The smallest absolute Gasteiger partial charge is 0.358 e. The van der Waals surface area contributed by atoms with Gasteiger partial charge in [0.15, 0.2) is 11.4 Å². The van der Waals surface area contributed by atoms with Crippen LogP contribution in [-0.4, -0.2) is 68.0 Å². The fourth-order valence-corrected chi connectivity index (χ4v) is 3.53. The van der Waals surface area contributed by atoms with Gasteiger partial charge in [-0.15, -0.1) is 0 Å². The molecule has 1 aliphatic heterocycles. The van der Waals surface area contributed by atoms with Crippen molar-refractivity contribution in [3.63, 3.8) is 0 Å². The summed E-state index contributed by atoms with van der Waals surface area (Å²) in [5, 5.41) is 0.800. The molecule has 0 aliphatic carbocycles. The summed E-state index contributed by atoms with van der Waals surface area (Å²) in [6.07, 6.45) is 1.72. The zero-order chi connectivity index (χ0) is 21.5. The second-order valence-electron chi connectivity index (χ2n) is 7.80. The van der Waals surface area contributed by atoms with E-state index in [0.29, 0.717) is 31.2 Å². The Morgan fingerprint density at radius 2 is 1.97 bits per heavy atom. The maximum Gasteiger partial charge on any atom is 0.358 e. The van der Waals surface area contributed by atoms with Crippen molar-refractivity contribution in [2.24, 2.45) is 0 Å². The average molecular weight is 419 g/mol. The topological polar surface area (TPSA) is 73.0 Å². The van der Waals surface area contributed by atoms with Crippen LogP contribution in [0.3, 0.4) is 0 Å². The van der Waals surface area contributed by atoms with Crippen LogP contribution < -0.4 is 9.47 Å². The number of benzene rings is 1. The first-order valence-electron chi connectivity index (χ1n) is 11.0. The first-order chi connectivity index (χ1) is 14.5. The second kappa shape index (κ2) is 10.7. The lowest BCUT2D eigenvalue weighted by atomic mass is 10.1. The minimum Gasteiger partial charge on any atom is -0.490 e. The number of aromatic nitrogens is 1. The van der Waals surface area contributed by atoms with Gasteiger partial charge in [-0.25, -0.2) is 4.79 Å². The van der Waals surface area contributed by atoms with Crippen LogP contribution >= 0.6 is 0 Å². The van der Waals surface area contributed by atoms with Crippen molar-refractivity contribution in [2.75, 3.05) is 46.1 Å². The number of hydrogen-bond acceptors (Lipinski definition) is 6. The second-order valence-corrected chi connectivity index (χ2v) is 7.80. The third-order valence-corrected chi connectivity index (χ3v) is 5.05. The molecule has 1 aromatic heterocycles. The number of nitrogens with one attached hydrogen (secondary N) is 1. The van der Waals surface area contributed by atoms with Crippen molar-refractivity contribution >= 4 is 16.9 Å². The van der Waals surface area contributed by atoms with E-state index in [2.05, 4.69) is 16.8 Å². The van der Waals surface area contributed by atoms with Crippen LogP contribution in [0.1, 0.15) is 50.2 Å². The first-order valence-corrected chi connectivity index (χ1v) is 11.0. The fourth-order valence-electron chi connectivity index (χ4n) is 3.53. The molecule has 1 aliphatic rings. The van der Waals surface area contributed by atoms with Gasteiger partial charge in [-0.2, -0.15) is 0 Å². The summed E-state index contributed by atoms with van der Waals surface area (Å²) in [5.74, 6) is 0.842. The lowest BCUT2D eigenvalue weighted by Crippen LogP contribution is -2.38. The maximum atomic E-state index is 12.9. The third kappa shape index (κ3) is 5.46. The molecule has 1 aromatic carbocycles. The van der Waals surface area contributed by atoms with Gasteiger partial charge in [0.2, 0.25) is 0 Å². The molecule has 7 heteroatoms. The number of fused-ring (bicyclic) bond motifs is 1. The van der Waals surface area contributed by atoms with Crippen molar-refractivity contribution in [1.82, 2.24) is 9.88 Å². The molecule has 0 atom stereocenters. The molecule has 3 rings (SSSR count). The van der Waals surface area contributed by atoms with Crippen LogP contribution in [0.15, 0.2) is 12.1 Å². The average Bonchev–Trinajstić information content (AvgIpc) is 3.11. The minimum absolute atomic E-state index is 0.0122. The molecule has 2 heterocycles. The lowest BCUT2D eigenvalue weighted by Gasteiger charge is -2.26. The van der Waals surface area contributed by atoms with E-state index in [1.165, 1.54) is 0 Å². The highest BCUT2D eigenvalue weighted by atomic mass is 16.5. The number of aromatic amines is 1. The van der Waals surface area contributed by atoms with E-state index >= 15 is 0 Å². The van der Waals surface area contributed by atoms with E-state index in [-0.39, 0.29) is 6.10 Å². The van der Waals surface area contributed by atoms with E-state index < -0.39 is 5.97 Å². The summed E-state index contributed by atoms with van der Waals surface area (Å²) in [6, 6.07) is 4.08. The number of rotatable bonds is 10. The van der Waals surface area contributed by atoms with Crippen LogP contribution in [0.5, 0.6) is 11.5 Å². The maximum absolute atomic E-state index is 12.9. The van der Waals surface area contributed by atoms with Gasteiger partial charge in [-0.3, -0.25) is 4.90 Å². The molecule has 166 valence electrons. The number of hydrogen-bond donors (Lipinski definition) is 1. The van der Waals surface area contributed by atoms with Gasteiger partial charge in [-0.1, -0.05) is 13.8 Å². The van der Waals surface area contributed by atoms with E-state index in [4.69, 9.17) is 18.9 Å². The summed E-state index contributed by atoms with van der Waals surface area (Å²) in [4.78, 5) is 18.4. The van der Waals surface area contributed by atoms with Gasteiger partial charge in [-0.05, 0) is 44.4 Å². The molecule has 0 amide bonds. The fraction of sp³-hybridized carbons (Fsp3) is 0.609. The number of morpholine rings is 1. The molecule has 0 bridgehead atoms. The Hall–Kier alpha value is -2.25. The number of aryl methyl sites for hydroxylation is 1. The number of carbonyl (C=O) groups excluding carboxylic acids is 1. The third-order valence-electron chi connectivity index (χ3n) is 5.05. The highest BCUT2D eigenvalue weighted by molar-refractivity contribution is 6.03. The van der Waals surface area contributed by atoms with Crippen LogP contribution in [0.2, 0.25) is 0 Å². The lowest BCUT2D eigenvalue weighted by molar-refractivity contribution is 0.0192. The highest BCUT2D eigenvalue weighted by Crippen LogP contribution is 2.39. The zero-order valence-corrected chi connectivity index (χ0v) is 18.6. The summed E-state index contributed by atoms with van der Waals surface area (Å²) in [6.45, 7) is 12.8. The van der Waals surface area contributed by atoms with Crippen molar-refractivity contribution in [3.05, 3.63) is 23.4 Å². The Labute approximate surface area is 178 Å². The number of nitrogens with zero attached hydrogens (tertiary/aromatic N) is 1. The minimum atomic E-state index is -0.404. The van der Waals surface area contributed by atoms with Crippen LogP contribution in [0.4, 0.5) is 0 Å². The van der Waals surface area contributed by atoms with Gasteiger partial charge in [0.1, 0.15) is 12.4 Å². The van der Waals surface area contributed by atoms with Crippen LogP contribution in [-0.2, 0) is 15.9 Å². The molecule has 1 fully saturated rings. The van der Waals surface area contributed by atoms with Crippen molar-refractivity contribution in [2.45, 2.75) is 46.6 Å². The first kappa shape index (κ1) is 22.4. The molecule has 1 N–H and O–H groups in total. The SMILES string of the molecule is CCCOc1c(C(=O)OCCN2CCOCC2)[nH]c2cc(CC)cc(OC(C)C)c12. The van der Waals surface area contributed by atoms with E-state index in [1.54, 1.807) is 0 Å². The molecule has 1 saturated heterocycles.